The molecule has 27 heavy (non-hydrogen) atoms. The first-order valence-electron chi connectivity index (χ1n) is 8.08. The van der Waals surface area contributed by atoms with Gasteiger partial charge in [-0.1, -0.05) is 6.07 Å². The van der Waals surface area contributed by atoms with E-state index in [0.717, 1.165) is 24.3 Å². The highest BCUT2D eigenvalue weighted by atomic mass is 19.4. The highest BCUT2D eigenvalue weighted by Gasteiger charge is 2.30. The van der Waals surface area contributed by atoms with Gasteiger partial charge in [0, 0.05) is 18.2 Å². The van der Waals surface area contributed by atoms with Crippen molar-refractivity contribution < 1.29 is 27.4 Å². The smallest absolute Gasteiger partial charge is 0.416 e. The van der Waals surface area contributed by atoms with E-state index in [-0.39, 0.29) is 12.4 Å². The van der Waals surface area contributed by atoms with Gasteiger partial charge in [-0.15, -0.1) is 0 Å². The molecule has 0 bridgehead atoms. The van der Waals surface area contributed by atoms with Gasteiger partial charge in [-0.3, -0.25) is 4.79 Å². The molecule has 5 nitrogen and oxygen atoms in total. The van der Waals surface area contributed by atoms with Crippen LogP contribution in [0.25, 0.3) is 0 Å². The van der Waals surface area contributed by atoms with E-state index in [1.54, 1.807) is 24.3 Å². The number of hydrogen-bond donors (Lipinski definition) is 1. The monoisotopic (exact) mass is 378 g/mol. The fraction of sp³-hybridized carbons (Fsp3) is 0.263. The second-order valence-electron chi connectivity index (χ2n) is 5.50. The third kappa shape index (κ3) is 6.90. The number of carbonyl (C=O) groups is 1. The van der Waals surface area contributed by atoms with E-state index in [9.17, 15) is 18.0 Å². The summed E-state index contributed by atoms with van der Waals surface area (Å²) in [6.07, 6.45) is -3.41. The van der Waals surface area contributed by atoms with Crippen LogP contribution in [0, 0.1) is 11.3 Å². The number of ether oxygens (including phenoxy) is 2. The van der Waals surface area contributed by atoms with E-state index in [0.29, 0.717) is 30.9 Å². The second kappa shape index (κ2) is 9.48. The molecular weight excluding hydrogens is 361 g/mol. The van der Waals surface area contributed by atoms with Crippen molar-refractivity contribution in [3.63, 3.8) is 0 Å². The number of alkyl halides is 3. The maximum Gasteiger partial charge on any atom is 0.416 e. The van der Waals surface area contributed by atoms with Gasteiger partial charge in [0.1, 0.15) is 11.5 Å². The molecule has 0 aliphatic rings. The molecule has 0 aliphatic carbocycles. The summed E-state index contributed by atoms with van der Waals surface area (Å²) in [4.78, 5) is 11.9. The van der Waals surface area contributed by atoms with Crippen LogP contribution >= 0.6 is 0 Å². The van der Waals surface area contributed by atoms with Crippen LogP contribution in [-0.2, 0) is 11.0 Å². The van der Waals surface area contributed by atoms with Crippen molar-refractivity contribution in [2.75, 3.05) is 18.5 Å². The molecule has 8 heteroatoms. The molecule has 0 aromatic heterocycles. The van der Waals surface area contributed by atoms with Crippen LogP contribution in [0.5, 0.6) is 11.5 Å². The largest absolute Gasteiger partial charge is 0.493 e. The molecule has 0 unspecified atom stereocenters. The number of benzene rings is 2. The summed E-state index contributed by atoms with van der Waals surface area (Å²) in [6.45, 7) is 0.0423. The number of anilines is 1. The molecule has 1 N–H and O–H groups in total. The van der Waals surface area contributed by atoms with Crippen LogP contribution in [0.3, 0.4) is 0 Å². The highest BCUT2D eigenvalue weighted by molar-refractivity contribution is 5.92. The zero-order valence-electron chi connectivity index (χ0n) is 14.3. The van der Waals surface area contributed by atoms with E-state index in [4.69, 9.17) is 14.7 Å². The third-order valence-electron chi connectivity index (χ3n) is 3.37. The molecular formula is C19H17F3N2O3. The van der Waals surface area contributed by atoms with Crippen molar-refractivity contribution in [2.45, 2.75) is 19.0 Å². The van der Waals surface area contributed by atoms with E-state index >= 15 is 0 Å². The summed E-state index contributed by atoms with van der Waals surface area (Å²) < 4.78 is 48.1. The quantitative estimate of drug-likeness (QED) is 0.691. The number of rotatable bonds is 8. The Morgan fingerprint density at radius 3 is 2.48 bits per heavy atom. The van der Waals surface area contributed by atoms with Crippen LogP contribution in [0.1, 0.15) is 18.4 Å². The Balaban J connectivity index is 1.82. The fourth-order valence-electron chi connectivity index (χ4n) is 2.09. The van der Waals surface area contributed by atoms with E-state index in [1.165, 1.54) is 0 Å². The van der Waals surface area contributed by atoms with Crippen LogP contribution in [0.15, 0.2) is 48.5 Å². The van der Waals surface area contributed by atoms with E-state index in [1.807, 2.05) is 6.07 Å². The Kier molecular flexibility index (Phi) is 7.06. The first-order valence-corrected chi connectivity index (χ1v) is 8.08. The standard InChI is InChI=1S/C19H17F3N2O3/c20-19(21,22)14-6-8-16(9-7-14)27-13-18(25)24-15-4-3-5-17(12-15)26-11-2-1-10-23/h3-9,12H,1-2,11,13H2,(H,24,25). The maximum atomic E-state index is 12.5. The lowest BCUT2D eigenvalue weighted by molar-refractivity contribution is -0.137. The van der Waals surface area contributed by atoms with Gasteiger partial charge in [0.2, 0.25) is 0 Å². The molecule has 0 aliphatic heterocycles. The number of amides is 1. The molecule has 0 spiro atoms. The molecule has 0 saturated heterocycles. The summed E-state index contributed by atoms with van der Waals surface area (Å²) in [6, 6.07) is 12.8. The average Bonchev–Trinajstić information content (AvgIpc) is 2.63. The number of nitriles is 1. The predicted molar refractivity (Wildman–Crippen MR) is 92.4 cm³/mol. The molecule has 2 aromatic carbocycles. The molecule has 2 aromatic rings. The van der Waals surface area contributed by atoms with Crippen molar-refractivity contribution in [2.24, 2.45) is 0 Å². The Hall–Kier alpha value is -3.21. The predicted octanol–water partition coefficient (Wildman–Crippen LogP) is 4.41. The lowest BCUT2D eigenvalue weighted by Crippen LogP contribution is -2.20. The first-order chi connectivity index (χ1) is 12.9. The van der Waals surface area contributed by atoms with Crippen LogP contribution in [-0.4, -0.2) is 19.1 Å². The summed E-state index contributed by atoms with van der Waals surface area (Å²) in [5.74, 6) is 0.249. The Labute approximate surface area is 154 Å². The number of unbranched alkanes of at least 4 members (excludes halogenated alkanes) is 1. The molecule has 0 atom stereocenters. The highest BCUT2D eigenvalue weighted by Crippen LogP contribution is 2.30. The maximum absolute atomic E-state index is 12.5. The van der Waals surface area contributed by atoms with Crippen LogP contribution in [0.4, 0.5) is 18.9 Å². The summed E-state index contributed by atoms with van der Waals surface area (Å²) in [5, 5.41) is 11.1. The number of nitrogens with one attached hydrogen (secondary N) is 1. The Morgan fingerprint density at radius 1 is 1.07 bits per heavy atom. The topological polar surface area (TPSA) is 71.3 Å². The number of hydrogen-bond acceptors (Lipinski definition) is 4. The summed E-state index contributed by atoms with van der Waals surface area (Å²) in [5.41, 5.74) is -0.292. The van der Waals surface area contributed by atoms with Gasteiger partial charge in [-0.25, -0.2) is 0 Å². The second-order valence-corrected chi connectivity index (χ2v) is 5.50. The number of carbonyl (C=O) groups excluding carboxylic acids is 1. The van der Waals surface area contributed by atoms with E-state index in [2.05, 4.69) is 5.32 Å². The molecule has 142 valence electrons. The molecule has 2 rings (SSSR count). The zero-order chi connectivity index (χ0) is 19.7. The molecule has 0 fully saturated rings. The summed E-state index contributed by atoms with van der Waals surface area (Å²) in [7, 11) is 0. The van der Waals surface area contributed by atoms with Gasteiger partial charge < -0.3 is 14.8 Å². The van der Waals surface area contributed by atoms with Crippen LogP contribution < -0.4 is 14.8 Å². The normalized spacial score (nSPS) is 10.7. The van der Waals surface area contributed by atoms with Crippen molar-refractivity contribution in [3.05, 3.63) is 54.1 Å². The summed E-state index contributed by atoms with van der Waals surface area (Å²) >= 11 is 0. The van der Waals surface area contributed by atoms with Crippen LogP contribution in [0.2, 0.25) is 0 Å². The minimum atomic E-state index is -4.42. The fourth-order valence-corrected chi connectivity index (χ4v) is 2.09. The average molecular weight is 378 g/mol. The molecule has 0 saturated carbocycles. The van der Waals surface area contributed by atoms with Crippen molar-refractivity contribution in [1.82, 2.24) is 0 Å². The number of halogens is 3. The number of nitrogens with zero attached hydrogens (tertiary/aromatic N) is 1. The van der Waals surface area contributed by atoms with Crippen molar-refractivity contribution >= 4 is 11.6 Å². The van der Waals surface area contributed by atoms with Gasteiger partial charge >= 0.3 is 6.18 Å². The molecule has 1 amide bonds. The van der Waals surface area contributed by atoms with Crippen molar-refractivity contribution in [3.8, 4) is 17.6 Å². The van der Waals surface area contributed by atoms with Gasteiger partial charge in [-0.2, -0.15) is 18.4 Å². The Bertz CT molecular complexity index is 799. The lowest BCUT2D eigenvalue weighted by atomic mass is 10.2. The SMILES string of the molecule is N#CCCCOc1cccc(NC(=O)COc2ccc(C(F)(F)F)cc2)c1. The zero-order valence-corrected chi connectivity index (χ0v) is 14.3. The molecule has 0 heterocycles. The lowest BCUT2D eigenvalue weighted by Gasteiger charge is -2.10. The Morgan fingerprint density at radius 2 is 1.81 bits per heavy atom. The van der Waals surface area contributed by atoms with Crippen molar-refractivity contribution in [1.29, 1.82) is 5.26 Å². The minimum Gasteiger partial charge on any atom is -0.493 e. The minimum absolute atomic E-state index is 0.160. The van der Waals surface area contributed by atoms with Gasteiger partial charge in [0.15, 0.2) is 6.61 Å². The van der Waals surface area contributed by atoms with Gasteiger partial charge in [-0.05, 0) is 42.8 Å². The van der Waals surface area contributed by atoms with Gasteiger partial charge in [0.05, 0.1) is 18.2 Å². The third-order valence-corrected chi connectivity index (χ3v) is 3.37. The molecule has 0 radical (unpaired) electrons. The van der Waals surface area contributed by atoms with E-state index < -0.39 is 17.6 Å². The van der Waals surface area contributed by atoms with Gasteiger partial charge in [0.25, 0.3) is 5.91 Å². The first kappa shape index (κ1) is 20.1.